The number of rotatable bonds is 8. The van der Waals surface area contributed by atoms with Gasteiger partial charge in [0.2, 0.25) is 0 Å². The average Bonchev–Trinajstić information content (AvgIpc) is 2.60. The fraction of sp³-hybridized carbons (Fsp3) is 0.500. The van der Waals surface area contributed by atoms with E-state index >= 15 is 0 Å². The van der Waals surface area contributed by atoms with E-state index in [0.717, 1.165) is 6.07 Å². The average molecular weight is 457 g/mol. The van der Waals surface area contributed by atoms with Crippen LogP contribution in [0.4, 0.5) is 43.9 Å². The van der Waals surface area contributed by atoms with Crippen LogP contribution in [-0.4, -0.2) is 42.6 Å². The Balaban J connectivity index is 2.63. The maximum Gasteiger partial charge on any atom is 0.465 e. The second-order valence-electron chi connectivity index (χ2n) is 5.85. The molecule has 1 aromatic rings. The molecule has 0 aromatic heterocycles. The zero-order valence-corrected chi connectivity index (χ0v) is 14.6. The van der Waals surface area contributed by atoms with Crippen molar-refractivity contribution >= 4 is 11.9 Å². The quantitative estimate of drug-likeness (QED) is 0.272. The van der Waals surface area contributed by atoms with Crippen LogP contribution in [0, 0.1) is 0 Å². The van der Waals surface area contributed by atoms with Gasteiger partial charge in [-0.05, 0) is 30.9 Å². The molecule has 4 nitrogen and oxygen atoms in total. The number of halogens is 10. The van der Waals surface area contributed by atoms with Crippen molar-refractivity contribution in [3.05, 3.63) is 29.8 Å². The van der Waals surface area contributed by atoms with Gasteiger partial charge in [-0.1, -0.05) is 18.2 Å². The number of aryl methyl sites for hydroxylation is 1. The highest BCUT2D eigenvalue weighted by atomic mass is 19.4. The van der Waals surface area contributed by atoms with E-state index in [9.17, 15) is 53.5 Å². The first-order chi connectivity index (χ1) is 13.5. The van der Waals surface area contributed by atoms with Crippen LogP contribution in [0.15, 0.2) is 24.3 Å². The van der Waals surface area contributed by atoms with Gasteiger partial charge in [0.1, 0.15) is 5.75 Å². The molecule has 0 fully saturated rings. The maximum atomic E-state index is 13.0. The Morgan fingerprint density at radius 2 is 1.33 bits per heavy atom. The number of nitrogens with one attached hydrogen (secondary N) is 1. The second-order valence-corrected chi connectivity index (χ2v) is 5.85. The normalized spacial score (nSPS) is 13.1. The Labute approximate surface area is 162 Å². The summed E-state index contributed by atoms with van der Waals surface area (Å²) >= 11 is 0. The summed E-state index contributed by atoms with van der Waals surface area (Å²) in [4.78, 5) is 22.1. The SMILES string of the molecule is O=C(NCCCCc1ccccc1OC(=O)C(F)(F)C(F)(F)F)C(F)(F)C(F)(F)F. The molecule has 0 radical (unpaired) electrons. The van der Waals surface area contributed by atoms with Crippen molar-refractivity contribution in [1.82, 2.24) is 5.32 Å². The Bertz CT molecular complexity index is 758. The molecule has 170 valence electrons. The minimum Gasteiger partial charge on any atom is -0.422 e. The minimum atomic E-state index is -6.17. The van der Waals surface area contributed by atoms with Gasteiger partial charge < -0.3 is 10.1 Å². The van der Waals surface area contributed by atoms with E-state index in [2.05, 4.69) is 4.74 Å². The molecule has 0 saturated carbocycles. The summed E-state index contributed by atoms with van der Waals surface area (Å²) in [6, 6.07) is 4.66. The Morgan fingerprint density at radius 1 is 0.800 bits per heavy atom. The Kier molecular flexibility index (Phi) is 7.72. The molecule has 1 aromatic carbocycles. The molecule has 0 saturated heterocycles. The minimum absolute atomic E-state index is 0.00391. The van der Waals surface area contributed by atoms with Crippen molar-refractivity contribution in [3.63, 3.8) is 0 Å². The fourth-order valence-corrected chi connectivity index (χ4v) is 1.97. The molecule has 1 amide bonds. The molecule has 0 unspecified atom stereocenters. The van der Waals surface area contributed by atoms with Crippen LogP contribution < -0.4 is 10.1 Å². The largest absolute Gasteiger partial charge is 0.465 e. The lowest BCUT2D eigenvalue weighted by Crippen LogP contribution is -2.50. The molecule has 0 atom stereocenters. The molecule has 0 heterocycles. The van der Waals surface area contributed by atoms with Crippen LogP contribution in [0.2, 0.25) is 0 Å². The van der Waals surface area contributed by atoms with Gasteiger partial charge in [0.15, 0.2) is 0 Å². The third kappa shape index (κ3) is 5.98. The number of carbonyl (C=O) groups excluding carboxylic acids is 2. The molecule has 0 aliphatic heterocycles. The number of alkyl halides is 10. The number of ether oxygens (including phenoxy) is 1. The second kappa shape index (κ2) is 9.08. The van der Waals surface area contributed by atoms with E-state index in [0.29, 0.717) is 0 Å². The third-order valence-electron chi connectivity index (χ3n) is 3.59. The molecule has 0 spiro atoms. The maximum absolute atomic E-state index is 13.0. The summed E-state index contributed by atoms with van der Waals surface area (Å²) in [5.74, 6) is -17.4. The highest BCUT2D eigenvalue weighted by Crippen LogP contribution is 2.37. The van der Waals surface area contributed by atoms with Gasteiger partial charge in [-0.2, -0.15) is 43.9 Å². The number of esters is 1. The van der Waals surface area contributed by atoms with Crippen LogP contribution in [0.1, 0.15) is 18.4 Å². The molecule has 1 rings (SSSR count). The molecule has 14 heteroatoms. The van der Waals surface area contributed by atoms with Crippen LogP contribution in [-0.2, 0) is 16.0 Å². The van der Waals surface area contributed by atoms with Crippen molar-refractivity contribution in [2.45, 2.75) is 43.5 Å². The smallest absolute Gasteiger partial charge is 0.422 e. The van der Waals surface area contributed by atoms with Gasteiger partial charge in [-0.3, -0.25) is 4.79 Å². The van der Waals surface area contributed by atoms with E-state index in [-0.39, 0.29) is 24.8 Å². The highest BCUT2D eigenvalue weighted by molar-refractivity contribution is 5.84. The third-order valence-corrected chi connectivity index (χ3v) is 3.59. The van der Waals surface area contributed by atoms with Crippen molar-refractivity contribution in [3.8, 4) is 5.75 Å². The van der Waals surface area contributed by atoms with E-state index in [1.54, 1.807) is 0 Å². The van der Waals surface area contributed by atoms with Crippen LogP contribution in [0.3, 0.4) is 0 Å². The number of hydrogen-bond acceptors (Lipinski definition) is 3. The lowest BCUT2D eigenvalue weighted by atomic mass is 10.1. The number of para-hydroxylation sites is 1. The van der Waals surface area contributed by atoms with Gasteiger partial charge in [0, 0.05) is 6.54 Å². The Hall–Kier alpha value is -2.54. The van der Waals surface area contributed by atoms with Crippen LogP contribution in [0.25, 0.3) is 0 Å². The first-order valence-electron chi connectivity index (χ1n) is 7.99. The summed E-state index contributed by atoms with van der Waals surface area (Å²) in [5.41, 5.74) is -0.00391. The summed E-state index contributed by atoms with van der Waals surface area (Å²) in [6.07, 6.45) is -12.6. The van der Waals surface area contributed by atoms with Gasteiger partial charge in [-0.25, -0.2) is 4.79 Å². The van der Waals surface area contributed by atoms with E-state index in [1.807, 2.05) is 0 Å². The Morgan fingerprint density at radius 3 is 1.87 bits per heavy atom. The first-order valence-corrected chi connectivity index (χ1v) is 7.99. The monoisotopic (exact) mass is 457 g/mol. The summed E-state index contributed by atoms with van der Waals surface area (Å²) in [6.45, 7) is -0.599. The van der Waals surface area contributed by atoms with Crippen molar-refractivity contribution in [2.24, 2.45) is 0 Å². The standard InChI is InChI=1S/C16H13F10NO3/c17-13(18,15(21,22)23)11(28)27-8-4-3-6-9-5-1-2-7-10(9)30-12(29)14(19,20)16(24,25)26/h1-2,5,7H,3-4,6,8H2,(H,27,28). The number of unbranched alkanes of at least 4 members (excludes halogenated alkanes) is 1. The van der Waals surface area contributed by atoms with E-state index in [4.69, 9.17) is 0 Å². The molecule has 30 heavy (non-hydrogen) atoms. The topological polar surface area (TPSA) is 55.4 Å². The lowest BCUT2D eigenvalue weighted by Gasteiger charge is -2.19. The van der Waals surface area contributed by atoms with Crippen LogP contribution >= 0.6 is 0 Å². The number of carbonyl (C=O) groups is 2. The predicted octanol–water partition coefficient (Wildman–Crippen LogP) is 4.43. The zero-order valence-electron chi connectivity index (χ0n) is 14.6. The highest BCUT2D eigenvalue weighted by Gasteiger charge is 2.65. The number of benzene rings is 1. The number of amides is 1. The summed E-state index contributed by atoms with van der Waals surface area (Å²) in [7, 11) is 0. The fourth-order valence-electron chi connectivity index (χ4n) is 1.97. The van der Waals surface area contributed by atoms with Gasteiger partial charge in [0.05, 0.1) is 0 Å². The van der Waals surface area contributed by atoms with Crippen molar-refractivity contribution in [2.75, 3.05) is 6.54 Å². The number of hydrogen-bond donors (Lipinski definition) is 1. The summed E-state index contributed by atoms with van der Waals surface area (Å²) in [5, 5.41) is 1.38. The molecule has 0 aliphatic carbocycles. The van der Waals surface area contributed by atoms with Gasteiger partial charge >= 0.3 is 30.2 Å². The van der Waals surface area contributed by atoms with E-state index in [1.165, 1.54) is 23.5 Å². The predicted molar refractivity (Wildman–Crippen MR) is 80.0 cm³/mol. The van der Waals surface area contributed by atoms with Gasteiger partial charge in [-0.15, -0.1) is 0 Å². The molecular formula is C16H13F10NO3. The van der Waals surface area contributed by atoms with Crippen LogP contribution in [0.5, 0.6) is 5.75 Å². The van der Waals surface area contributed by atoms with Crippen molar-refractivity contribution in [1.29, 1.82) is 0 Å². The molecule has 0 bridgehead atoms. The lowest BCUT2D eigenvalue weighted by molar-refractivity contribution is -0.276. The molecular weight excluding hydrogens is 444 g/mol. The molecule has 0 aliphatic rings. The first kappa shape index (κ1) is 25.5. The van der Waals surface area contributed by atoms with Gasteiger partial charge in [0.25, 0.3) is 5.91 Å². The van der Waals surface area contributed by atoms with Crippen molar-refractivity contribution < 1.29 is 58.2 Å². The summed E-state index contributed by atoms with van der Waals surface area (Å²) < 4.78 is 128. The van der Waals surface area contributed by atoms with E-state index < -0.39 is 48.4 Å². The zero-order chi connectivity index (χ0) is 23.4. The molecule has 1 N–H and O–H groups in total.